The molecule has 1 aliphatic rings. The number of amides is 1. The molecule has 0 fully saturated rings. The minimum absolute atomic E-state index is 0.269. The average Bonchev–Trinajstić information content (AvgIpc) is 3.19. The minimum Gasteiger partial charge on any atom is -0.306 e. The highest BCUT2D eigenvalue weighted by atomic mass is 32.2. The van der Waals surface area contributed by atoms with Gasteiger partial charge in [-0.05, 0) is 42.8 Å². The van der Waals surface area contributed by atoms with E-state index in [1.165, 1.54) is 24.3 Å². The van der Waals surface area contributed by atoms with E-state index in [0.29, 0.717) is 11.4 Å². The second-order valence-electron chi connectivity index (χ2n) is 5.93. The van der Waals surface area contributed by atoms with E-state index in [2.05, 4.69) is 5.32 Å². The van der Waals surface area contributed by atoms with Crippen LogP contribution in [0.2, 0.25) is 0 Å². The van der Waals surface area contributed by atoms with E-state index in [4.69, 9.17) is 5.10 Å². The number of carbonyl (C=O) groups is 1. The van der Waals surface area contributed by atoms with Crippen molar-refractivity contribution in [3.8, 4) is 5.69 Å². The van der Waals surface area contributed by atoms with E-state index in [1.807, 2.05) is 31.2 Å². The molecule has 4 rings (SSSR count). The molecule has 0 bridgehead atoms. The summed E-state index contributed by atoms with van der Waals surface area (Å²) in [4.78, 5) is 12.6. The number of thioether (sulfide) groups is 1. The van der Waals surface area contributed by atoms with Crippen molar-refractivity contribution in [2.75, 3.05) is 5.32 Å². The van der Waals surface area contributed by atoms with Gasteiger partial charge in [-0.15, -0.1) is 0 Å². The largest absolute Gasteiger partial charge is 0.306 e. The molecule has 0 aliphatic carbocycles. The smallest absolute Gasteiger partial charge is 0.256 e. The Kier molecular flexibility index (Phi) is 4.05. The Morgan fingerprint density at radius 3 is 2.68 bits per heavy atom. The summed E-state index contributed by atoms with van der Waals surface area (Å²) in [6.07, 6.45) is 0. The van der Waals surface area contributed by atoms with Crippen LogP contribution >= 0.6 is 11.8 Å². The molecule has 1 N–H and O–H groups in total. The molecule has 0 saturated carbocycles. The van der Waals surface area contributed by atoms with Crippen LogP contribution in [-0.4, -0.2) is 15.7 Å². The Morgan fingerprint density at radius 1 is 1.16 bits per heavy atom. The van der Waals surface area contributed by atoms with Gasteiger partial charge in [0.25, 0.3) is 5.91 Å². The Bertz CT molecular complexity index is 950. The van der Waals surface area contributed by atoms with Crippen LogP contribution in [0.5, 0.6) is 0 Å². The van der Waals surface area contributed by atoms with Crippen molar-refractivity contribution in [1.29, 1.82) is 0 Å². The number of nitrogens with one attached hydrogen (secondary N) is 1. The van der Waals surface area contributed by atoms with Crippen molar-refractivity contribution in [2.24, 2.45) is 0 Å². The van der Waals surface area contributed by atoms with Gasteiger partial charge in [-0.3, -0.25) is 4.79 Å². The predicted molar refractivity (Wildman–Crippen MR) is 97.7 cm³/mol. The Labute approximate surface area is 149 Å². The average molecular weight is 353 g/mol. The first-order valence-electron chi connectivity index (χ1n) is 7.95. The molecule has 1 aromatic heterocycles. The molecule has 0 unspecified atom stereocenters. The number of aromatic nitrogens is 2. The fourth-order valence-electron chi connectivity index (χ4n) is 2.90. The summed E-state index contributed by atoms with van der Waals surface area (Å²) < 4.78 is 14.9. The van der Waals surface area contributed by atoms with Crippen molar-refractivity contribution in [3.05, 3.63) is 76.7 Å². The molecule has 1 amide bonds. The van der Waals surface area contributed by atoms with Gasteiger partial charge in [0, 0.05) is 22.6 Å². The first-order chi connectivity index (χ1) is 12.1. The Balaban J connectivity index is 1.75. The standard InChI is InChI=1S/C19H16FN3OS/c1-12-4-2-3-5-17(12)23-18(15-10-25-11-16(15)22-23)21-19(24)13-6-8-14(20)9-7-13/h2-9H,10-11H2,1H3,(H,21,24). The molecule has 6 heteroatoms. The van der Waals surface area contributed by atoms with Crippen LogP contribution in [0.1, 0.15) is 27.2 Å². The normalized spacial score (nSPS) is 12.9. The van der Waals surface area contributed by atoms with Crippen molar-refractivity contribution >= 4 is 23.5 Å². The molecule has 2 aromatic carbocycles. The minimum atomic E-state index is -0.362. The highest BCUT2D eigenvalue weighted by molar-refractivity contribution is 7.98. The predicted octanol–water partition coefficient (Wildman–Crippen LogP) is 4.32. The van der Waals surface area contributed by atoms with Gasteiger partial charge in [0.2, 0.25) is 0 Å². The number of anilines is 1. The quantitative estimate of drug-likeness (QED) is 0.763. The molecule has 0 atom stereocenters. The number of benzene rings is 2. The van der Waals surface area contributed by atoms with E-state index in [1.54, 1.807) is 16.4 Å². The first-order valence-corrected chi connectivity index (χ1v) is 9.10. The van der Waals surface area contributed by atoms with Gasteiger partial charge in [-0.1, -0.05) is 18.2 Å². The van der Waals surface area contributed by atoms with Gasteiger partial charge in [0.1, 0.15) is 11.6 Å². The highest BCUT2D eigenvalue weighted by Gasteiger charge is 2.25. The molecule has 0 spiro atoms. The summed E-state index contributed by atoms with van der Waals surface area (Å²) in [5, 5.41) is 7.68. The van der Waals surface area contributed by atoms with Crippen LogP contribution < -0.4 is 5.32 Å². The second-order valence-corrected chi connectivity index (χ2v) is 6.91. The lowest BCUT2D eigenvalue weighted by molar-refractivity contribution is 0.102. The number of hydrogen-bond acceptors (Lipinski definition) is 3. The van der Waals surface area contributed by atoms with E-state index in [0.717, 1.165) is 34.0 Å². The van der Waals surface area contributed by atoms with Crippen LogP contribution in [0.15, 0.2) is 48.5 Å². The molecule has 4 nitrogen and oxygen atoms in total. The number of rotatable bonds is 3. The van der Waals surface area contributed by atoms with Crippen LogP contribution in [0.25, 0.3) is 5.69 Å². The van der Waals surface area contributed by atoms with Crippen molar-refractivity contribution in [2.45, 2.75) is 18.4 Å². The van der Waals surface area contributed by atoms with Gasteiger partial charge < -0.3 is 5.32 Å². The van der Waals surface area contributed by atoms with E-state index >= 15 is 0 Å². The van der Waals surface area contributed by atoms with Crippen LogP contribution in [0, 0.1) is 12.7 Å². The maximum Gasteiger partial charge on any atom is 0.256 e. The summed E-state index contributed by atoms with van der Waals surface area (Å²) >= 11 is 1.78. The topological polar surface area (TPSA) is 46.9 Å². The lowest BCUT2D eigenvalue weighted by Crippen LogP contribution is -2.16. The van der Waals surface area contributed by atoms with Gasteiger partial charge in [0.05, 0.1) is 11.4 Å². The van der Waals surface area contributed by atoms with Crippen molar-refractivity contribution in [1.82, 2.24) is 9.78 Å². The zero-order valence-electron chi connectivity index (χ0n) is 13.6. The molecule has 0 radical (unpaired) electrons. The summed E-state index contributed by atoms with van der Waals surface area (Å²) in [7, 11) is 0. The Hall–Kier alpha value is -2.60. The number of halogens is 1. The van der Waals surface area contributed by atoms with Gasteiger partial charge in [-0.25, -0.2) is 9.07 Å². The number of fused-ring (bicyclic) bond motifs is 1. The molecule has 0 saturated heterocycles. The summed E-state index contributed by atoms with van der Waals surface area (Å²) in [5.41, 5.74) is 4.50. The number of para-hydroxylation sites is 1. The number of carbonyl (C=O) groups excluding carboxylic acids is 1. The zero-order chi connectivity index (χ0) is 17.4. The molecule has 3 aromatic rings. The van der Waals surface area contributed by atoms with Gasteiger partial charge in [0.15, 0.2) is 0 Å². The lowest BCUT2D eigenvalue weighted by atomic mass is 10.2. The maximum atomic E-state index is 13.1. The summed E-state index contributed by atoms with van der Waals surface area (Å²) in [6, 6.07) is 13.5. The van der Waals surface area contributed by atoms with Crippen LogP contribution in [-0.2, 0) is 11.5 Å². The molecule has 25 heavy (non-hydrogen) atoms. The molecular weight excluding hydrogens is 337 g/mol. The fraction of sp³-hybridized carbons (Fsp3) is 0.158. The Morgan fingerprint density at radius 2 is 1.92 bits per heavy atom. The third-order valence-electron chi connectivity index (χ3n) is 4.23. The first kappa shape index (κ1) is 15.9. The second kappa shape index (κ2) is 6.37. The van der Waals surface area contributed by atoms with E-state index < -0.39 is 0 Å². The molecule has 2 heterocycles. The SMILES string of the molecule is Cc1ccccc1-n1nc2c(c1NC(=O)c1ccc(F)cc1)CSC2. The third kappa shape index (κ3) is 2.93. The van der Waals surface area contributed by atoms with Crippen LogP contribution in [0.3, 0.4) is 0 Å². The summed E-state index contributed by atoms with van der Waals surface area (Å²) in [6.45, 7) is 2.02. The molecular formula is C19H16FN3OS. The summed E-state index contributed by atoms with van der Waals surface area (Å²) in [5.74, 6) is 1.73. The number of aryl methyl sites for hydroxylation is 1. The van der Waals surface area contributed by atoms with Gasteiger partial charge in [-0.2, -0.15) is 16.9 Å². The van der Waals surface area contributed by atoms with Crippen molar-refractivity contribution in [3.63, 3.8) is 0 Å². The molecule has 126 valence electrons. The monoisotopic (exact) mass is 353 g/mol. The van der Waals surface area contributed by atoms with Gasteiger partial charge >= 0.3 is 0 Å². The van der Waals surface area contributed by atoms with E-state index in [-0.39, 0.29) is 11.7 Å². The van der Waals surface area contributed by atoms with E-state index in [9.17, 15) is 9.18 Å². The van der Waals surface area contributed by atoms with Crippen molar-refractivity contribution < 1.29 is 9.18 Å². The third-order valence-corrected chi connectivity index (χ3v) is 5.20. The van der Waals surface area contributed by atoms with Crippen LogP contribution in [0.4, 0.5) is 10.2 Å². The zero-order valence-corrected chi connectivity index (χ0v) is 14.4. The molecule has 1 aliphatic heterocycles. The number of nitrogens with zero attached hydrogens (tertiary/aromatic N) is 2. The fourth-order valence-corrected chi connectivity index (χ4v) is 3.93. The highest BCUT2D eigenvalue weighted by Crippen LogP contribution is 2.36. The number of hydrogen-bond donors (Lipinski definition) is 1. The maximum absolute atomic E-state index is 13.1. The lowest BCUT2D eigenvalue weighted by Gasteiger charge is -2.13.